The zero-order valence-electron chi connectivity index (χ0n) is 15.2. The molecule has 1 heterocycles. The van der Waals surface area contributed by atoms with E-state index in [9.17, 15) is 13.2 Å². The maximum Gasteiger partial charge on any atom is 0.235 e. The topological polar surface area (TPSA) is 82.3 Å². The lowest BCUT2D eigenvalue weighted by Crippen LogP contribution is -2.46. The molecule has 0 aliphatic heterocycles. The molecule has 2 N–H and O–H groups in total. The Bertz CT molecular complexity index is 854. The molecule has 0 unspecified atom stereocenters. The minimum atomic E-state index is -3.39. The zero-order valence-corrected chi connectivity index (χ0v) is 16.0. The Morgan fingerprint density at radius 1 is 1.23 bits per heavy atom. The van der Waals surface area contributed by atoms with Crippen molar-refractivity contribution in [1.82, 2.24) is 14.6 Å². The summed E-state index contributed by atoms with van der Waals surface area (Å²) in [6.07, 6.45) is 8.74. The van der Waals surface area contributed by atoms with Gasteiger partial charge in [-0.25, -0.2) is 8.42 Å². The SMILES string of the molecule is CS(=O)(=O)N(CC(=O)NCCc1c[nH]c2ccccc12)C1CCCCC1. The van der Waals surface area contributed by atoms with Gasteiger partial charge in [-0.3, -0.25) is 4.79 Å². The van der Waals surface area contributed by atoms with Crippen molar-refractivity contribution in [1.29, 1.82) is 0 Å². The van der Waals surface area contributed by atoms with Gasteiger partial charge in [0.2, 0.25) is 15.9 Å². The summed E-state index contributed by atoms with van der Waals surface area (Å²) in [6.45, 7) is 0.403. The van der Waals surface area contributed by atoms with Crippen LogP contribution in [0.2, 0.25) is 0 Å². The molecule has 6 nitrogen and oxygen atoms in total. The van der Waals surface area contributed by atoms with Gasteiger partial charge in [-0.15, -0.1) is 0 Å². The molecule has 1 amide bonds. The molecule has 7 heteroatoms. The molecule has 0 atom stereocenters. The molecule has 1 aliphatic rings. The maximum absolute atomic E-state index is 12.3. The van der Waals surface area contributed by atoms with Gasteiger partial charge in [0.1, 0.15) is 0 Å². The summed E-state index contributed by atoms with van der Waals surface area (Å²) in [5, 5.41) is 4.02. The number of nitrogens with one attached hydrogen (secondary N) is 2. The number of carbonyl (C=O) groups is 1. The minimum Gasteiger partial charge on any atom is -0.361 e. The second-order valence-electron chi connectivity index (χ2n) is 7.06. The van der Waals surface area contributed by atoms with Crippen LogP contribution in [0.15, 0.2) is 30.5 Å². The minimum absolute atomic E-state index is 0.0434. The van der Waals surface area contributed by atoms with Gasteiger partial charge in [0.15, 0.2) is 0 Å². The fourth-order valence-corrected chi connectivity index (χ4v) is 4.86. The molecule has 2 aromatic rings. The van der Waals surface area contributed by atoms with Gasteiger partial charge < -0.3 is 10.3 Å². The van der Waals surface area contributed by atoms with Crippen LogP contribution < -0.4 is 5.32 Å². The second kappa shape index (κ2) is 8.22. The van der Waals surface area contributed by atoms with E-state index in [1.165, 1.54) is 10.6 Å². The second-order valence-corrected chi connectivity index (χ2v) is 8.99. The van der Waals surface area contributed by atoms with E-state index in [0.717, 1.165) is 48.6 Å². The molecule has 1 aliphatic carbocycles. The van der Waals surface area contributed by atoms with Crippen molar-refractivity contribution in [3.63, 3.8) is 0 Å². The van der Waals surface area contributed by atoms with E-state index < -0.39 is 10.0 Å². The van der Waals surface area contributed by atoms with Crippen molar-refractivity contribution in [2.75, 3.05) is 19.3 Å². The predicted octanol–water partition coefficient (Wildman–Crippen LogP) is 2.42. The standard InChI is InChI=1S/C19H27N3O3S/c1-26(24,25)22(16-7-3-2-4-8-16)14-19(23)20-12-11-15-13-21-18-10-6-5-9-17(15)18/h5-6,9-10,13,16,21H,2-4,7-8,11-12,14H2,1H3,(H,20,23). The van der Waals surface area contributed by atoms with E-state index >= 15 is 0 Å². The number of carbonyl (C=O) groups excluding carboxylic acids is 1. The molecule has 0 spiro atoms. The number of para-hydroxylation sites is 1. The summed E-state index contributed by atoms with van der Waals surface area (Å²) >= 11 is 0. The highest BCUT2D eigenvalue weighted by atomic mass is 32.2. The quantitative estimate of drug-likeness (QED) is 0.777. The average Bonchev–Trinajstić information content (AvgIpc) is 3.03. The smallest absolute Gasteiger partial charge is 0.235 e. The van der Waals surface area contributed by atoms with E-state index in [-0.39, 0.29) is 18.5 Å². The summed E-state index contributed by atoms with van der Waals surface area (Å²) in [6, 6.07) is 8.00. The number of sulfonamides is 1. The van der Waals surface area contributed by atoms with Crippen molar-refractivity contribution in [2.24, 2.45) is 0 Å². The van der Waals surface area contributed by atoms with E-state index in [2.05, 4.69) is 16.4 Å². The Morgan fingerprint density at radius 3 is 2.69 bits per heavy atom. The Balaban J connectivity index is 1.55. The third-order valence-electron chi connectivity index (χ3n) is 5.10. The number of benzene rings is 1. The summed E-state index contributed by atoms with van der Waals surface area (Å²) in [7, 11) is -3.39. The molecule has 1 aromatic carbocycles. The van der Waals surface area contributed by atoms with Crippen molar-refractivity contribution < 1.29 is 13.2 Å². The molecular weight excluding hydrogens is 350 g/mol. The summed E-state index contributed by atoms with van der Waals surface area (Å²) in [4.78, 5) is 15.5. The number of hydrogen-bond donors (Lipinski definition) is 2. The third-order valence-corrected chi connectivity index (χ3v) is 6.38. The van der Waals surface area contributed by atoms with E-state index in [1.807, 2.05) is 24.4 Å². The molecular formula is C19H27N3O3S. The monoisotopic (exact) mass is 377 g/mol. The molecule has 0 radical (unpaired) electrons. The van der Waals surface area contributed by atoms with Crippen LogP contribution in [-0.4, -0.2) is 49.0 Å². The number of aromatic amines is 1. The van der Waals surface area contributed by atoms with Crippen molar-refractivity contribution in [3.05, 3.63) is 36.0 Å². The molecule has 26 heavy (non-hydrogen) atoms. The molecule has 0 bridgehead atoms. The lowest BCUT2D eigenvalue weighted by atomic mass is 9.95. The van der Waals surface area contributed by atoms with Crippen LogP contribution in [0.3, 0.4) is 0 Å². The Hall–Kier alpha value is -1.86. The van der Waals surface area contributed by atoms with Crippen molar-refractivity contribution in [2.45, 2.75) is 44.6 Å². The van der Waals surface area contributed by atoms with Crippen LogP contribution in [-0.2, 0) is 21.2 Å². The predicted molar refractivity (Wildman–Crippen MR) is 103 cm³/mol. The Morgan fingerprint density at radius 2 is 1.96 bits per heavy atom. The van der Waals surface area contributed by atoms with Gasteiger partial charge in [-0.2, -0.15) is 4.31 Å². The highest BCUT2D eigenvalue weighted by Crippen LogP contribution is 2.24. The molecule has 0 saturated heterocycles. The van der Waals surface area contributed by atoms with Gasteiger partial charge in [0, 0.05) is 29.7 Å². The Labute approximate surface area is 155 Å². The van der Waals surface area contributed by atoms with Gasteiger partial charge in [0.25, 0.3) is 0 Å². The van der Waals surface area contributed by atoms with Crippen LogP contribution in [0, 0.1) is 0 Å². The molecule has 3 rings (SSSR count). The van der Waals surface area contributed by atoms with Crippen LogP contribution in [0.4, 0.5) is 0 Å². The van der Waals surface area contributed by atoms with Crippen molar-refractivity contribution >= 4 is 26.8 Å². The first-order valence-corrected chi connectivity index (χ1v) is 11.1. The van der Waals surface area contributed by atoms with Crippen LogP contribution in [0.5, 0.6) is 0 Å². The summed E-state index contributed by atoms with van der Waals surface area (Å²) in [5.74, 6) is -0.235. The molecule has 1 fully saturated rings. The van der Waals surface area contributed by atoms with Crippen LogP contribution in [0.1, 0.15) is 37.7 Å². The molecule has 1 aromatic heterocycles. The third kappa shape index (κ3) is 4.65. The maximum atomic E-state index is 12.3. The first kappa shape index (κ1) is 18.9. The zero-order chi connectivity index (χ0) is 18.6. The number of amides is 1. The fraction of sp³-hybridized carbons (Fsp3) is 0.526. The van der Waals surface area contributed by atoms with Gasteiger partial charge >= 0.3 is 0 Å². The van der Waals surface area contributed by atoms with Gasteiger partial charge in [-0.05, 0) is 30.9 Å². The van der Waals surface area contributed by atoms with Gasteiger partial charge in [0.05, 0.1) is 12.8 Å². The first-order valence-electron chi connectivity index (χ1n) is 9.23. The largest absolute Gasteiger partial charge is 0.361 e. The van der Waals surface area contributed by atoms with E-state index in [1.54, 1.807) is 0 Å². The first-order chi connectivity index (χ1) is 12.4. The van der Waals surface area contributed by atoms with Gasteiger partial charge in [-0.1, -0.05) is 37.5 Å². The Kier molecular flexibility index (Phi) is 5.98. The van der Waals surface area contributed by atoms with Crippen LogP contribution in [0.25, 0.3) is 10.9 Å². The summed E-state index contributed by atoms with van der Waals surface area (Å²) in [5.41, 5.74) is 2.22. The van der Waals surface area contributed by atoms with Crippen LogP contribution >= 0.6 is 0 Å². The van der Waals surface area contributed by atoms with Crippen molar-refractivity contribution in [3.8, 4) is 0 Å². The number of hydrogen-bond acceptors (Lipinski definition) is 3. The lowest BCUT2D eigenvalue weighted by molar-refractivity contribution is -0.121. The highest BCUT2D eigenvalue weighted by Gasteiger charge is 2.29. The summed E-state index contributed by atoms with van der Waals surface area (Å²) < 4.78 is 25.6. The number of H-pyrrole nitrogens is 1. The number of fused-ring (bicyclic) bond motifs is 1. The molecule has 142 valence electrons. The highest BCUT2D eigenvalue weighted by molar-refractivity contribution is 7.88. The van der Waals surface area contributed by atoms with E-state index in [0.29, 0.717) is 13.0 Å². The lowest BCUT2D eigenvalue weighted by Gasteiger charge is -2.31. The molecule has 1 saturated carbocycles. The number of nitrogens with zero attached hydrogens (tertiary/aromatic N) is 1. The number of aromatic nitrogens is 1. The normalized spacial score (nSPS) is 16.2. The fourth-order valence-electron chi connectivity index (χ4n) is 3.76. The number of rotatable bonds is 7. The van der Waals surface area contributed by atoms with E-state index in [4.69, 9.17) is 0 Å². The average molecular weight is 378 g/mol.